The molecule has 0 saturated carbocycles. The van der Waals surface area contributed by atoms with Crippen LogP contribution < -0.4 is 30.4 Å². The molecule has 0 aliphatic carbocycles. The van der Waals surface area contributed by atoms with E-state index in [4.69, 9.17) is 45.0 Å². The van der Waals surface area contributed by atoms with Crippen LogP contribution in [0, 0.1) is 0 Å². The molecule has 0 bridgehead atoms. The van der Waals surface area contributed by atoms with E-state index in [0.717, 1.165) is 65.1 Å². The van der Waals surface area contributed by atoms with Gasteiger partial charge in [0.25, 0.3) is 0 Å². The zero-order valence-electron chi connectivity index (χ0n) is 50.8. The lowest BCUT2D eigenvalue weighted by molar-refractivity contribution is 0.00387. The number of nitrogens with zero attached hydrogens (tertiary/aromatic N) is 9. The maximum Gasteiger partial charge on any atom is 0.410 e. The van der Waals surface area contributed by atoms with Gasteiger partial charge in [-0.3, -0.25) is 5.10 Å². The summed E-state index contributed by atoms with van der Waals surface area (Å²) in [6.07, 6.45) is 5.11. The van der Waals surface area contributed by atoms with Crippen LogP contribution in [0.25, 0.3) is 44.6 Å². The van der Waals surface area contributed by atoms with Crippen molar-refractivity contribution in [1.29, 1.82) is 0 Å². The first-order valence-corrected chi connectivity index (χ1v) is 29.6. The van der Waals surface area contributed by atoms with Crippen LogP contribution in [0.5, 0.6) is 34.5 Å². The summed E-state index contributed by atoms with van der Waals surface area (Å²) in [6, 6.07) is 50.5. The number of nitrogen functional groups attached to an aromatic ring is 2. The lowest BCUT2D eigenvalue weighted by Crippen LogP contribution is -2.44. The predicted molar refractivity (Wildman–Crippen MR) is 340 cm³/mol. The van der Waals surface area contributed by atoms with Crippen LogP contribution >= 0.6 is 0 Å². The van der Waals surface area contributed by atoms with Crippen molar-refractivity contribution in [2.75, 3.05) is 37.6 Å². The highest BCUT2D eigenvalue weighted by atomic mass is 16.6. The minimum Gasteiger partial charge on any atom is -0.489 e. The number of nitrogens with one attached hydrogen (secondary N) is 1. The monoisotopic (exact) mass is 1200 g/mol. The molecule has 6 aromatic carbocycles. The lowest BCUT2D eigenvalue weighted by Gasteiger charge is -2.34. The van der Waals surface area contributed by atoms with Gasteiger partial charge in [-0.2, -0.15) is 10.2 Å². The standard InChI is InChI=1S/C34H36N6O4.C24H19N5O2.C10H19NO3/c1-34(2,3)44-33(41)39-18-8-11-25(20-39)40-32-29(31(35)36-22-37-32)30(38-40)24-14-16-26(17-15-24)43-28-13-7-12-27(19-28)42-21-23-9-5-4-6-10-23;25-23-21-22(28-29-24(21)27-15-26-23)17-9-11-18(12-10-17)31-20-8-4-7-19(13-20)30-14-16-5-2-1-3-6-16;1-10(2,3)14-9(13)11-6-4-5-8(12)7-11/h4-7,9-10,12-17,19,22,25H,8,11,18,20-21H2,1-3H3,(H2,35,36,37);1-13,15H,14H2,(H3,25,26,27,28,29);8,12H,4-7H2,1-3H3/t25-;;8-/m1.0/s1. The zero-order valence-corrected chi connectivity index (χ0v) is 50.8. The van der Waals surface area contributed by atoms with Crippen LogP contribution in [-0.4, -0.2) is 110 Å². The number of aromatic nitrogens is 8. The first-order valence-electron chi connectivity index (χ1n) is 29.6. The highest BCUT2D eigenvalue weighted by Crippen LogP contribution is 2.37. The van der Waals surface area contributed by atoms with Crippen molar-refractivity contribution >= 4 is 45.9 Å². The molecule has 6 N–H and O–H groups in total. The number of benzene rings is 6. The van der Waals surface area contributed by atoms with E-state index in [1.54, 1.807) is 9.80 Å². The van der Waals surface area contributed by atoms with E-state index in [9.17, 15) is 14.7 Å². The van der Waals surface area contributed by atoms with Crippen molar-refractivity contribution in [2.45, 2.75) is 104 Å². The third kappa shape index (κ3) is 16.8. The molecule has 10 aromatic rings. The molecule has 2 atom stereocenters. The Kier molecular flexibility index (Phi) is 19.5. The molecule has 2 aliphatic rings. The number of β-amino-alcohol motifs (C(OH)–C–C–N with tert-alkyl or cyclic N) is 1. The molecule has 6 heterocycles. The highest BCUT2D eigenvalue weighted by Gasteiger charge is 2.32. The Morgan fingerprint density at radius 2 is 1.06 bits per heavy atom. The van der Waals surface area contributed by atoms with Crippen molar-refractivity contribution in [3.8, 4) is 57.0 Å². The van der Waals surface area contributed by atoms with Crippen LogP contribution in [0.15, 0.2) is 170 Å². The van der Waals surface area contributed by atoms with Gasteiger partial charge in [-0.25, -0.2) is 34.2 Å². The van der Waals surface area contributed by atoms with Crippen molar-refractivity contribution in [2.24, 2.45) is 0 Å². The summed E-state index contributed by atoms with van der Waals surface area (Å²) in [6.45, 7) is 14.3. The van der Waals surface area contributed by atoms with Crippen molar-refractivity contribution in [3.63, 3.8) is 0 Å². The largest absolute Gasteiger partial charge is 0.489 e. The third-order valence-corrected chi connectivity index (χ3v) is 14.2. The molecule has 0 unspecified atom stereocenters. The number of carbonyl (C=O) groups excluding carboxylic acids is 2. The first-order chi connectivity index (χ1) is 42.9. The molecule has 2 fully saturated rings. The highest BCUT2D eigenvalue weighted by molar-refractivity contribution is 5.99. The van der Waals surface area contributed by atoms with E-state index in [2.05, 4.69) is 30.1 Å². The van der Waals surface area contributed by atoms with Gasteiger partial charge in [0.05, 0.1) is 28.6 Å². The second kappa shape index (κ2) is 28.0. The molecule has 4 aromatic heterocycles. The van der Waals surface area contributed by atoms with E-state index < -0.39 is 17.3 Å². The van der Waals surface area contributed by atoms with Gasteiger partial charge < -0.3 is 54.8 Å². The number of rotatable bonds is 13. The number of nitrogens with two attached hydrogens (primary N) is 2. The average Bonchev–Trinajstić information content (AvgIpc) is 1.65. The van der Waals surface area contributed by atoms with Gasteiger partial charge in [0.15, 0.2) is 11.3 Å². The minimum atomic E-state index is -0.563. The molecule has 460 valence electrons. The molecule has 21 nitrogen and oxygen atoms in total. The summed E-state index contributed by atoms with van der Waals surface area (Å²) < 4.78 is 36.7. The summed E-state index contributed by atoms with van der Waals surface area (Å²) in [4.78, 5) is 44.7. The predicted octanol–water partition coefficient (Wildman–Crippen LogP) is 13.4. The van der Waals surface area contributed by atoms with E-state index >= 15 is 0 Å². The van der Waals surface area contributed by atoms with Gasteiger partial charge in [0, 0.05) is 49.4 Å². The van der Waals surface area contributed by atoms with Gasteiger partial charge >= 0.3 is 12.2 Å². The normalized spacial score (nSPS) is 15.0. The number of piperidine rings is 2. The molecule has 2 amide bonds. The number of likely N-dealkylation sites (tertiary alicyclic amines) is 2. The average molecular weight is 1200 g/mol. The van der Waals surface area contributed by atoms with Crippen LogP contribution in [0.1, 0.15) is 84.4 Å². The number of carbonyl (C=O) groups is 2. The van der Waals surface area contributed by atoms with Gasteiger partial charge in [0.2, 0.25) is 0 Å². The number of aliphatic hydroxyl groups excluding tert-OH is 1. The molecule has 2 saturated heterocycles. The number of anilines is 2. The number of amides is 2. The molecular formula is C68H74N12O9. The summed E-state index contributed by atoms with van der Waals surface area (Å²) in [7, 11) is 0. The van der Waals surface area contributed by atoms with Crippen LogP contribution in [0.3, 0.4) is 0 Å². The maximum atomic E-state index is 12.8. The van der Waals surface area contributed by atoms with Crippen molar-refractivity contribution < 1.29 is 43.1 Å². The summed E-state index contributed by atoms with van der Waals surface area (Å²) in [5.41, 5.74) is 17.9. The molecule has 12 rings (SSSR count). The fourth-order valence-corrected chi connectivity index (χ4v) is 10.0. The number of ether oxygens (including phenoxy) is 6. The van der Waals surface area contributed by atoms with Crippen LogP contribution in [-0.2, 0) is 22.7 Å². The molecule has 0 spiro atoms. The number of hydrogen-bond donors (Lipinski definition) is 4. The fraction of sp³-hybridized carbons (Fsp3) is 0.294. The minimum absolute atomic E-state index is 0.0826. The van der Waals surface area contributed by atoms with E-state index in [-0.39, 0.29) is 18.2 Å². The van der Waals surface area contributed by atoms with Gasteiger partial charge in [0.1, 0.15) is 88.9 Å². The van der Waals surface area contributed by atoms with Crippen molar-refractivity contribution in [3.05, 3.63) is 182 Å². The fourth-order valence-electron chi connectivity index (χ4n) is 10.0. The molecule has 0 radical (unpaired) electrons. The molecular weight excluding hydrogens is 1130 g/mol. The summed E-state index contributed by atoms with van der Waals surface area (Å²) in [5.74, 6) is 4.95. The van der Waals surface area contributed by atoms with Gasteiger partial charge in [-0.15, -0.1) is 0 Å². The first kappa shape index (κ1) is 61.8. The number of aromatic amines is 1. The molecule has 2 aliphatic heterocycles. The number of aliphatic hydroxyl groups is 1. The maximum absolute atomic E-state index is 12.8. The smallest absolute Gasteiger partial charge is 0.410 e. The zero-order chi connectivity index (χ0) is 62.5. The van der Waals surface area contributed by atoms with Gasteiger partial charge in [-0.1, -0.05) is 72.8 Å². The van der Waals surface area contributed by atoms with Crippen LogP contribution in [0.2, 0.25) is 0 Å². The van der Waals surface area contributed by atoms with E-state index in [1.165, 1.54) is 12.7 Å². The Morgan fingerprint density at radius 1 is 0.562 bits per heavy atom. The van der Waals surface area contributed by atoms with Gasteiger partial charge in [-0.05, 0) is 151 Å². The lowest BCUT2D eigenvalue weighted by atomic mass is 10.1. The van der Waals surface area contributed by atoms with Crippen LogP contribution in [0.4, 0.5) is 21.2 Å². The molecule has 21 heteroatoms. The third-order valence-electron chi connectivity index (χ3n) is 14.2. The number of hydrogen-bond acceptors (Lipinski definition) is 17. The molecule has 89 heavy (non-hydrogen) atoms. The Balaban J connectivity index is 0.000000167. The number of H-pyrrole nitrogens is 1. The van der Waals surface area contributed by atoms with Crippen molar-refractivity contribution in [1.82, 2.24) is 49.7 Å². The Hall–Kier alpha value is -10.3. The Labute approximate surface area is 516 Å². The Morgan fingerprint density at radius 3 is 1.60 bits per heavy atom. The van der Waals surface area contributed by atoms with E-state index in [0.29, 0.717) is 102 Å². The second-order valence-corrected chi connectivity index (χ2v) is 23.5. The SMILES string of the molecule is CC(C)(C)OC(=O)N1CCC[C@@H](n2nc(-c3ccc(Oc4cccc(OCc5ccccc5)c4)cc3)c3c(N)ncnc32)C1.CC(C)(C)OC(=O)N1CCC[C@H](O)C1.Nc1ncnc2n[nH]c(-c3ccc(Oc4cccc(OCc5ccccc5)c4)cc3)c12. The second-order valence-electron chi connectivity index (χ2n) is 23.5. The van der Waals surface area contributed by atoms with E-state index in [1.807, 2.05) is 204 Å². The topological polar surface area (TPSA) is 266 Å². The Bertz CT molecular complexity index is 3970. The summed E-state index contributed by atoms with van der Waals surface area (Å²) in [5, 5.41) is 22.9. The summed E-state index contributed by atoms with van der Waals surface area (Å²) >= 11 is 0. The quantitative estimate of drug-likeness (QED) is 0.0835. The number of fused-ring (bicyclic) bond motifs is 2.